The van der Waals surface area contributed by atoms with E-state index >= 15 is 0 Å². The molecule has 0 spiro atoms. The molecule has 1 saturated carbocycles. The molecule has 1 N–H and O–H groups in total. The molecule has 1 aliphatic rings. The molecule has 0 bridgehead atoms. The SMILES string of the molecule is O=C(/C=C(\O)c1c(F)c(F)c2c(F)c(F)c(F)c(F)c2c1F)C1(C(F)(F)F)C(F)(F)C(F)(F)C(F)(F)C1(F)F. The number of fused-ring (bicyclic) bond motifs is 1. The van der Waals surface area contributed by atoms with Gasteiger partial charge in [0, 0.05) is 6.08 Å². The van der Waals surface area contributed by atoms with Crippen LogP contribution in [0.15, 0.2) is 6.08 Å². The second-order valence-corrected chi connectivity index (χ2v) is 7.76. The standard InChI is InChI=1S/C19H2F18O2/c20-7-4(8(21)9(22)6-5(7)10(23)12(25)13(26)11(6)24)2(38)1-3(39)14(19(35,36)37)15(27,28)17(31,32)18(33,34)16(14,29)30/h1,38H/b2-1-. The van der Waals surface area contributed by atoms with Crippen LogP contribution in [-0.2, 0) is 4.79 Å². The van der Waals surface area contributed by atoms with Gasteiger partial charge in [-0.15, -0.1) is 0 Å². The second kappa shape index (κ2) is 8.09. The third kappa shape index (κ3) is 3.13. The lowest BCUT2D eigenvalue weighted by Crippen LogP contribution is -2.64. The normalized spacial score (nSPS) is 21.4. The third-order valence-electron chi connectivity index (χ3n) is 5.78. The summed E-state index contributed by atoms with van der Waals surface area (Å²) >= 11 is 0. The van der Waals surface area contributed by atoms with Gasteiger partial charge in [-0.1, -0.05) is 0 Å². The lowest BCUT2D eigenvalue weighted by atomic mass is 9.74. The van der Waals surface area contributed by atoms with E-state index < -0.39 is 110 Å². The molecule has 2 aromatic carbocycles. The summed E-state index contributed by atoms with van der Waals surface area (Å²) in [6.07, 6.45) is -9.55. The van der Waals surface area contributed by atoms with Crippen LogP contribution in [0.1, 0.15) is 5.56 Å². The molecular formula is C19H2F18O2. The highest BCUT2D eigenvalue weighted by Crippen LogP contribution is 2.75. The van der Waals surface area contributed by atoms with E-state index in [0.717, 1.165) is 0 Å². The Hall–Kier alpha value is -3.35. The molecule has 0 aromatic heterocycles. The monoisotopic (exact) mass is 604 g/mol. The van der Waals surface area contributed by atoms with Gasteiger partial charge in [-0.25, -0.2) is 30.7 Å². The summed E-state index contributed by atoms with van der Waals surface area (Å²) < 4.78 is 249. The van der Waals surface area contributed by atoms with Gasteiger partial charge in [0.05, 0.1) is 16.3 Å². The molecule has 0 heterocycles. The fourth-order valence-corrected chi connectivity index (χ4v) is 3.88. The molecule has 0 aliphatic heterocycles. The predicted octanol–water partition coefficient (Wildman–Crippen LogP) is 7.39. The summed E-state index contributed by atoms with van der Waals surface area (Å²) in [6, 6.07) is 0. The maximum absolute atomic E-state index is 14.6. The molecule has 1 fully saturated rings. The highest BCUT2D eigenvalue weighted by atomic mass is 19.4. The molecule has 3 rings (SSSR count). The summed E-state index contributed by atoms with van der Waals surface area (Å²) in [6.45, 7) is 0. The minimum Gasteiger partial charge on any atom is -0.507 e. The van der Waals surface area contributed by atoms with E-state index in [2.05, 4.69) is 0 Å². The molecule has 2 nitrogen and oxygen atoms in total. The molecular weight excluding hydrogens is 602 g/mol. The van der Waals surface area contributed by atoms with Crippen molar-refractivity contribution in [2.45, 2.75) is 29.9 Å². The van der Waals surface area contributed by atoms with Gasteiger partial charge in [0.1, 0.15) is 11.6 Å². The van der Waals surface area contributed by atoms with E-state index in [1.807, 2.05) is 0 Å². The fraction of sp³-hybridized carbons (Fsp3) is 0.316. The number of hydrogen-bond donors (Lipinski definition) is 1. The lowest BCUT2D eigenvalue weighted by Gasteiger charge is -2.37. The Bertz CT molecular complexity index is 1430. The van der Waals surface area contributed by atoms with Crippen molar-refractivity contribution in [2.24, 2.45) is 5.41 Å². The number of benzene rings is 2. The zero-order valence-electron chi connectivity index (χ0n) is 17.2. The van der Waals surface area contributed by atoms with E-state index in [1.54, 1.807) is 0 Å². The Morgan fingerprint density at radius 3 is 1.26 bits per heavy atom. The number of ketones is 1. The Morgan fingerprint density at radius 2 is 0.897 bits per heavy atom. The molecule has 20 heteroatoms. The summed E-state index contributed by atoms with van der Waals surface area (Å²) in [5, 5.41) is 4.73. The molecule has 0 saturated heterocycles. The number of rotatable bonds is 3. The Labute approximate surface area is 200 Å². The van der Waals surface area contributed by atoms with Gasteiger partial charge >= 0.3 is 29.9 Å². The van der Waals surface area contributed by atoms with Crippen LogP contribution < -0.4 is 0 Å². The van der Waals surface area contributed by atoms with E-state index in [-0.39, 0.29) is 0 Å². The Kier molecular flexibility index (Phi) is 6.26. The molecule has 0 amide bonds. The number of carbonyl (C=O) groups is 1. The smallest absolute Gasteiger partial charge is 0.414 e. The van der Waals surface area contributed by atoms with Crippen molar-refractivity contribution in [3.8, 4) is 0 Å². The van der Waals surface area contributed by atoms with Gasteiger partial charge in [-0.05, 0) is 0 Å². The number of alkyl halides is 11. The lowest BCUT2D eigenvalue weighted by molar-refractivity contribution is -0.341. The van der Waals surface area contributed by atoms with Crippen LogP contribution in [0.25, 0.3) is 16.5 Å². The van der Waals surface area contributed by atoms with Crippen LogP contribution in [0.4, 0.5) is 79.0 Å². The maximum atomic E-state index is 14.6. The molecule has 2 aromatic rings. The molecule has 0 unspecified atom stereocenters. The van der Waals surface area contributed by atoms with E-state index in [0.29, 0.717) is 0 Å². The van der Waals surface area contributed by atoms with Gasteiger partial charge in [0.2, 0.25) is 0 Å². The molecule has 0 radical (unpaired) electrons. The maximum Gasteiger partial charge on any atom is 0.414 e. The van der Waals surface area contributed by atoms with Gasteiger partial charge in [-0.2, -0.15) is 48.3 Å². The highest BCUT2D eigenvalue weighted by Gasteiger charge is 3.06. The average Bonchev–Trinajstić information content (AvgIpc) is 2.83. The minimum absolute atomic E-state index is 1.78. The van der Waals surface area contributed by atoms with E-state index in [4.69, 9.17) is 0 Å². The fourth-order valence-electron chi connectivity index (χ4n) is 3.88. The number of aliphatic hydroxyl groups excluding tert-OH is 1. The first-order chi connectivity index (χ1) is 17.3. The average molecular weight is 604 g/mol. The van der Waals surface area contributed by atoms with E-state index in [9.17, 15) is 88.9 Å². The van der Waals surface area contributed by atoms with Crippen molar-refractivity contribution < 1.29 is 88.9 Å². The third-order valence-corrected chi connectivity index (χ3v) is 5.78. The highest BCUT2D eigenvalue weighted by molar-refractivity contribution is 6.03. The number of aliphatic hydroxyl groups is 1. The topological polar surface area (TPSA) is 37.3 Å². The van der Waals surface area contributed by atoms with Gasteiger partial charge in [-0.3, -0.25) is 4.79 Å². The van der Waals surface area contributed by atoms with Crippen LogP contribution in [0, 0.1) is 46.1 Å². The van der Waals surface area contributed by atoms with Crippen molar-refractivity contribution in [3.63, 3.8) is 0 Å². The van der Waals surface area contributed by atoms with E-state index in [1.165, 1.54) is 0 Å². The zero-order valence-corrected chi connectivity index (χ0v) is 17.2. The second-order valence-electron chi connectivity index (χ2n) is 7.76. The first-order valence-electron chi connectivity index (χ1n) is 9.16. The number of hydrogen-bond acceptors (Lipinski definition) is 2. The first-order valence-corrected chi connectivity index (χ1v) is 9.16. The first kappa shape index (κ1) is 30.2. The van der Waals surface area contributed by atoms with Crippen LogP contribution in [0.5, 0.6) is 0 Å². The van der Waals surface area contributed by atoms with Crippen molar-refractivity contribution in [1.82, 2.24) is 0 Å². The molecule has 1 aliphatic carbocycles. The Balaban J connectivity index is 2.44. The number of carbonyl (C=O) groups excluding carboxylic acids is 1. The predicted molar refractivity (Wildman–Crippen MR) is 87.5 cm³/mol. The summed E-state index contributed by atoms with van der Waals surface area (Å²) in [7, 11) is 0. The van der Waals surface area contributed by atoms with Crippen molar-refractivity contribution in [2.75, 3.05) is 0 Å². The molecule has 216 valence electrons. The van der Waals surface area contributed by atoms with Gasteiger partial charge < -0.3 is 5.11 Å². The van der Waals surface area contributed by atoms with Crippen molar-refractivity contribution in [3.05, 3.63) is 52.4 Å². The van der Waals surface area contributed by atoms with Crippen molar-refractivity contribution >= 4 is 22.3 Å². The largest absolute Gasteiger partial charge is 0.507 e. The number of allylic oxidation sites excluding steroid dienone is 1. The minimum atomic E-state index is -7.77. The summed E-state index contributed by atoms with van der Waals surface area (Å²) in [5.41, 5.74) is -10.3. The zero-order chi connectivity index (χ0) is 30.6. The van der Waals surface area contributed by atoms with Crippen molar-refractivity contribution in [1.29, 1.82) is 0 Å². The summed E-state index contributed by atoms with van der Waals surface area (Å²) in [4.78, 5) is 12.0. The Morgan fingerprint density at radius 1 is 0.564 bits per heavy atom. The summed E-state index contributed by atoms with van der Waals surface area (Å²) in [5.74, 6) is -59.0. The van der Waals surface area contributed by atoms with Crippen LogP contribution in [-0.4, -0.2) is 40.8 Å². The molecule has 39 heavy (non-hydrogen) atoms. The number of halogens is 18. The van der Waals surface area contributed by atoms with Crippen LogP contribution >= 0.6 is 0 Å². The quantitative estimate of drug-likeness (QED) is 0.131. The van der Waals surface area contributed by atoms with Gasteiger partial charge in [0.25, 0.3) is 5.41 Å². The molecule has 0 atom stereocenters. The van der Waals surface area contributed by atoms with Gasteiger partial charge in [0.15, 0.2) is 40.7 Å². The van der Waals surface area contributed by atoms with Crippen LogP contribution in [0.3, 0.4) is 0 Å². The van der Waals surface area contributed by atoms with Crippen LogP contribution in [0.2, 0.25) is 0 Å².